The van der Waals surface area contributed by atoms with Gasteiger partial charge in [-0.3, -0.25) is 0 Å². The normalized spacial score (nSPS) is 11.7. The summed E-state index contributed by atoms with van der Waals surface area (Å²) in [6.07, 6.45) is 4.71. The van der Waals surface area contributed by atoms with Gasteiger partial charge in [-0.25, -0.2) is 23.8 Å². The minimum absolute atomic E-state index is 0.414. The van der Waals surface area contributed by atoms with Crippen molar-refractivity contribution in [2.45, 2.75) is 26.7 Å². The summed E-state index contributed by atoms with van der Waals surface area (Å²) >= 11 is 0. The Morgan fingerprint density at radius 2 is 1.39 bits per heavy atom. The lowest BCUT2D eigenvalue weighted by molar-refractivity contribution is 0.0735. The summed E-state index contributed by atoms with van der Waals surface area (Å²) in [5.41, 5.74) is 5.36. The molecule has 0 spiro atoms. The molecule has 10 heteroatoms. The zero-order chi connectivity index (χ0) is 22.5. The van der Waals surface area contributed by atoms with Crippen LogP contribution in [0.4, 0.5) is 0 Å². The second kappa shape index (κ2) is 7.30. The van der Waals surface area contributed by atoms with Gasteiger partial charge in [0.15, 0.2) is 0 Å². The number of benzene rings is 2. The Kier molecular flexibility index (Phi) is 4.25. The zero-order valence-electron chi connectivity index (χ0n) is 17.9. The molecule has 0 N–H and O–H groups in total. The first-order valence-corrected chi connectivity index (χ1v) is 10.6. The van der Waals surface area contributed by atoms with E-state index in [1.54, 1.807) is 52.0 Å². The number of esters is 1. The summed E-state index contributed by atoms with van der Waals surface area (Å²) in [6.45, 7) is 4.03. The molecular formula is C23H18N8O2. The third-order valence-electron chi connectivity index (χ3n) is 5.73. The summed E-state index contributed by atoms with van der Waals surface area (Å²) in [5.74, 6) is -0.0478. The van der Waals surface area contributed by atoms with Crippen molar-refractivity contribution in [1.82, 2.24) is 39.6 Å². The van der Waals surface area contributed by atoms with Crippen molar-refractivity contribution in [3.63, 3.8) is 0 Å². The number of fused-ring (bicyclic) bond motifs is 6. The molecular weight excluding hydrogens is 420 g/mol. The van der Waals surface area contributed by atoms with E-state index >= 15 is 0 Å². The van der Waals surface area contributed by atoms with Gasteiger partial charge in [-0.1, -0.05) is 24.3 Å². The number of aromatic nitrogens is 8. The molecule has 0 bridgehead atoms. The second-order valence-electron chi connectivity index (χ2n) is 7.66. The lowest BCUT2D eigenvalue weighted by Crippen LogP contribution is -2.09. The standard InChI is InChI=1S/C23H18N8O2/c1-3-17-21-15-9-13(5-7-19(15)24-11-30(21)28-26-17)23(32)33-14-6-8-20-16(10-14)22-18(4-2)27-29-31(22)12-25-20/h5-12H,3-4H2,1-2H3. The van der Waals surface area contributed by atoms with Crippen molar-refractivity contribution in [3.05, 3.63) is 66.0 Å². The topological polar surface area (TPSA) is 112 Å². The van der Waals surface area contributed by atoms with Crippen molar-refractivity contribution in [3.8, 4) is 5.75 Å². The van der Waals surface area contributed by atoms with Crippen LogP contribution < -0.4 is 4.74 Å². The monoisotopic (exact) mass is 438 g/mol. The first-order chi connectivity index (χ1) is 16.2. The predicted molar refractivity (Wildman–Crippen MR) is 120 cm³/mol. The maximum absolute atomic E-state index is 13.0. The Labute approximate surface area is 186 Å². The number of ether oxygens (including phenoxy) is 1. The Hall–Kier alpha value is -4.47. The number of rotatable bonds is 4. The number of nitrogens with zero attached hydrogens (tertiary/aromatic N) is 8. The first-order valence-electron chi connectivity index (χ1n) is 10.6. The van der Waals surface area contributed by atoms with Crippen LogP contribution in [0.3, 0.4) is 0 Å². The molecule has 0 aliphatic rings. The van der Waals surface area contributed by atoms with Gasteiger partial charge in [-0.15, -0.1) is 10.2 Å². The molecule has 0 unspecified atom stereocenters. The number of hydrogen-bond donors (Lipinski definition) is 0. The van der Waals surface area contributed by atoms with E-state index in [9.17, 15) is 4.79 Å². The van der Waals surface area contributed by atoms with Crippen LogP contribution in [0.15, 0.2) is 49.1 Å². The zero-order valence-corrected chi connectivity index (χ0v) is 17.9. The summed E-state index contributed by atoms with van der Waals surface area (Å²) in [4.78, 5) is 21.8. The molecule has 0 aliphatic carbocycles. The van der Waals surface area contributed by atoms with Gasteiger partial charge in [0, 0.05) is 10.8 Å². The smallest absolute Gasteiger partial charge is 0.343 e. The van der Waals surface area contributed by atoms with Crippen LogP contribution in [0.1, 0.15) is 35.6 Å². The maximum atomic E-state index is 13.0. The molecule has 33 heavy (non-hydrogen) atoms. The van der Waals surface area contributed by atoms with Crippen LogP contribution in [0.25, 0.3) is 32.8 Å². The van der Waals surface area contributed by atoms with Crippen LogP contribution >= 0.6 is 0 Å². The molecule has 162 valence electrons. The van der Waals surface area contributed by atoms with Crippen LogP contribution in [0, 0.1) is 0 Å². The molecule has 0 saturated carbocycles. The Morgan fingerprint density at radius 1 is 0.818 bits per heavy atom. The Bertz CT molecular complexity index is 1700. The summed E-state index contributed by atoms with van der Waals surface area (Å²) < 4.78 is 9.00. The molecule has 0 amide bonds. The van der Waals surface area contributed by atoms with E-state index in [4.69, 9.17) is 4.74 Å². The fourth-order valence-electron chi connectivity index (χ4n) is 4.09. The largest absolute Gasteiger partial charge is 0.423 e. The van der Waals surface area contributed by atoms with Gasteiger partial charge in [0.05, 0.1) is 28.0 Å². The van der Waals surface area contributed by atoms with Gasteiger partial charge in [-0.05, 0) is 49.2 Å². The Balaban J connectivity index is 1.41. The van der Waals surface area contributed by atoms with E-state index in [0.29, 0.717) is 11.3 Å². The quantitative estimate of drug-likeness (QED) is 0.305. The average molecular weight is 438 g/mol. The average Bonchev–Trinajstić information content (AvgIpc) is 3.47. The molecule has 0 atom stereocenters. The summed E-state index contributed by atoms with van der Waals surface area (Å²) in [7, 11) is 0. The third-order valence-corrected chi connectivity index (χ3v) is 5.73. The van der Waals surface area contributed by atoms with E-state index in [1.165, 1.54) is 0 Å². The van der Waals surface area contributed by atoms with Crippen molar-refractivity contribution >= 4 is 38.8 Å². The molecule has 4 aromatic heterocycles. The fraction of sp³-hybridized carbons (Fsp3) is 0.174. The minimum Gasteiger partial charge on any atom is -0.423 e. The molecule has 6 rings (SSSR count). The summed E-state index contributed by atoms with van der Waals surface area (Å²) in [5, 5.41) is 18.3. The Morgan fingerprint density at radius 3 is 2.00 bits per heavy atom. The first kappa shape index (κ1) is 19.2. The van der Waals surface area contributed by atoms with Crippen LogP contribution in [0.5, 0.6) is 5.75 Å². The van der Waals surface area contributed by atoms with E-state index in [1.807, 2.05) is 19.9 Å². The van der Waals surface area contributed by atoms with Gasteiger partial charge >= 0.3 is 5.97 Å². The number of carbonyl (C=O) groups excluding carboxylic acids is 1. The van der Waals surface area contributed by atoms with Gasteiger partial charge in [0.2, 0.25) is 0 Å². The van der Waals surface area contributed by atoms with Gasteiger partial charge in [0.25, 0.3) is 0 Å². The van der Waals surface area contributed by atoms with Crippen molar-refractivity contribution in [1.29, 1.82) is 0 Å². The number of aryl methyl sites for hydroxylation is 2. The highest BCUT2D eigenvalue weighted by atomic mass is 16.5. The second-order valence-corrected chi connectivity index (χ2v) is 7.66. The minimum atomic E-state index is -0.467. The van der Waals surface area contributed by atoms with E-state index in [-0.39, 0.29) is 0 Å². The van der Waals surface area contributed by atoms with Crippen LogP contribution in [0.2, 0.25) is 0 Å². The summed E-state index contributed by atoms with van der Waals surface area (Å²) in [6, 6.07) is 10.6. The highest BCUT2D eigenvalue weighted by Crippen LogP contribution is 2.27. The number of hydrogen-bond acceptors (Lipinski definition) is 8. The molecule has 0 aliphatic heterocycles. The van der Waals surface area contributed by atoms with Crippen molar-refractivity contribution in [2.75, 3.05) is 0 Å². The van der Waals surface area contributed by atoms with Gasteiger partial charge in [-0.2, -0.15) is 0 Å². The molecule has 0 saturated heterocycles. The van der Waals surface area contributed by atoms with E-state index in [2.05, 4.69) is 30.6 Å². The highest BCUT2D eigenvalue weighted by Gasteiger charge is 2.16. The van der Waals surface area contributed by atoms with E-state index < -0.39 is 5.97 Å². The van der Waals surface area contributed by atoms with Crippen LogP contribution in [-0.4, -0.2) is 45.6 Å². The highest BCUT2D eigenvalue weighted by molar-refractivity contribution is 6.01. The molecule has 2 aromatic carbocycles. The molecule has 10 nitrogen and oxygen atoms in total. The molecule has 0 fully saturated rings. The third kappa shape index (κ3) is 2.99. The number of carbonyl (C=O) groups is 1. The molecule has 4 heterocycles. The maximum Gasteiger partial charge on any atom is 0.343 e. The SMILES string of the molecule is CCc1nnn2cnc3ccc(OC(=O)c4ccc5ncn6nnc(CC)c6c5c4)cc3c12. The predicted octanol–water partition coefficient (Wildman–Crippen LogP) is 3.21. The van der Waals surface area contributed by atoms with Crippen LogP contribution in [-0.2, 0) is 12.8 Å². The fourth-order valence-corrected chi connectivity index (χ4v) is 4.09. The van der Waals surface area contributed by atoms with E-state index in [0.717, 1.165) is 57.1 Å². The van der Waals surface area contributed by atoms with Crippen molar-refractivity contribution < 1.29 is 9.53 Å². The lowest BCUT2D eigenvalue weighted by Gasteiger charge is -2.08. The molecule has 0 radical (unpaired) electrons. The lowest BCUT2D eigenvalue weighted by atomic mass is 10.1. The molecule has 6 aromatic rings. The van der Waals surface area contributed by atoms with Gasteiger partial charge < -0.3 is 4.74 Å². The van der Waals surface area contributed by atoms with Crippen molar-refractivity contribution in [2.24, 2.45) is 0 Å². The van der Waals surface area contributed by atoms with Gasteiger partial charge in [0.1, 0.15) is 29.4 Å².